The summed E-state index contributed by atoms with van der Waals surface area (Å²) in [5.41, 5.74) is 6.74. The molecular weight excluding hydrogens is 323 g/mol. The summed E-state index contributed by atoms with van der Waals surface area (Å²) in [7, 11) is 0. The molecule has 1 aromatic rings. The highest BCUT2D eigenvalue weighted by atomic mass is 79.9. The maximum Gasteiger partial charge on any atom is 0.231 e. The standard InChI is InChI=1S/C15H20BrFN2O/c1-10-7-12(17)11(16)8-13(10)19-14(20)15(9-18)5-3-2-4-6-15/h7-8H,2-6,9,18H2,1H3,(H,19,20). The maximum atomic E-state index is 13.4. The van der Waals surface area contributed by atoms with E-state index in [0.717, 1.165) is 32.1 Å². The average Bonchev–Trinajstić information content (AvgIpc) is 2.45. The molecule has 0 aliphatic heterocycles. The Kier molecular flexibility index (Phi) is 4.81. The van der Waals surface area contributed by atoms with E-state index < -0.39 is 5.41 Å². The summed E-state index contributed by atoms with van der Waals surface area (Å²) in [6.45, 7) is 2.14. The van der Waals surface area contributed by atoms with Crippen molar-refractivity contribution >= 4 is 27.5 Å². The molecule has 0 radical (unpaired) electrons. The van der Waals surface area contributed by atoms with Crippen molar-refractivity contribution in [2.45, 2.75) is 39.0 Å². The van der Waals surface area contributed by atoms with Crippen LogP contribution >= 0.6 is 15.9 Å². The van der Waals surface area contributed by atoms with Crippen LogP contribution in [0.3, 0.4) is 0 Å². The van der Waals surface area contributed by atoms with Gasteiger partial charge < -0.3 is 11.1 Å². The lowest BCUT2D eigenvalue weighted by Gasteiger charge is -2.34. The van der Waals surface area contributed by atoms with E-state index >= 15 is 0 Å². The molecule has 0 aromatic heterocycles. The first-order valence-corrected chi connectivity index (χ1v) is 7.75. The van der Waals surface area contributed by atoms with Gasteiger partial charge in [0.15, 0.2) is 0 Å². The molecule has 2 rings (SSSR count). The third-order valence-electron chi connectivity index (χ3n) is 4.20. The van der Waals surface area contributed by atoms with Crippen LogP contribution in [0.4, 0.5) is 10.1 Å². The Bertz CT molecular complexity index is 513. The molecule has 3 N–H and O–H groups in total. The quantitative estimate of drug-likeness (QED) is 0.878. The number of hydrogen-bond acceptors (Lipinski definition) is 2. The van der Waals surface area contributed by atoms with E-state index in [1.165, 1.54) is 6.07 Å². The molecule has 5 heteroatoms. The molecule has 1 aliphatic rings. The molecule has 20 heavy (non-hydrogen) atoms. The van der Waals surface area contributed by atoms with E-state index in [-0.39, 0.29) is 11.7 Å². The first-order chi connectivity index (χ1) is 9.48. The Balaban J connectivity index is 2.20. The van der Waals surface area contributed by atoms with Crippen molar-refractivity contribution < 1.29 is 9.18 Å². The lowest BCUT2D eigenvalue weighted by atomic mass is 9.73. The number of benzene rings is 1. The Morgan fingerprint density at radius 3 is 2.65 bits per heavy atom. The summed E-state index contributed by atoms with van der Waals surface area (Å²) in [6, 6.07) is 3.02. The second kappa shape index (κ2) is 6.22. The van der Waals surface area contributed by atoms with E-state index in [1.54, 1.807) is 13.0 Å². The van der Waals surface area contributed by atoms with Crippen LogP contribution < -0.4 is 11.1 Å². The number of carbonyl (C=O) groups is 1. The maximum absolute atomic E-state index is 13.4. The average molecular weight is 343 g/mol. The van der Waals surface area contributed by atoms with Gasteiger partial charge in [0, 0.05) is 12.2 Å². The lowest BCUT2D eigenvalue weighted by Crippen LogP contribution is -2.43. The van der Waals surface area contributed by atoms with Crippen molar-refractivity contribution in [3.63, 3.8) is 0 Å². The number of aryl methyl sites for hydroxylation is 1. The van der Waals surface area contributed by atoms with Crippen LogP contribution in [0.2, 0.25) is 0 Å². The fourth-order valence-electron chi connectivity index (χ4n) is 2.79. The highest BCUT2D eigenvalue weighted by Crippen LogP contribution is 2.37. The normalized spacial score (nSPS) is 17.8. The number of carbonyl (C=O) groups excluding carboxylic acids is 1. The molecule has 110 valence electrons. The Morgan fingerprint density at radius 1 is 1.40 bits per heavy atom. The van der Waals surface area contributed by atoms with Crippen molar-refractivity contribution in [3.05, 3.63) is 28.0 Å². The van der Waals surface area contributed by atoms with E-state index in [4.69, 9.17) is 5.73 Å². The highest BCUT2D eigenvalue weighted by Gasteiger charge is 2.38. The van der Waals surface area contributed by atoms with Gasteiger partial charge in [-0.05, 0) is 53.4 Å². The van der Waals surface area contributed by atoms with Crippen molar-refractivity contribution in [1.82, 2.24) is 0 Å². The number of nitrogens with one attached hydrogen (secondary N) is 1. The highest BCUT2D eigenvalue weighted by molar-refractivity contribution is 9.10. The molecule has 3 nitrogen and oxygen atoms in total. The largest absolute Gasteiger partial charge is 0.329 e. The fraction of sp³-hybridized carbons (Fsp3) is 0.533. The molecule has 0 spiro atoms. The van der Waals surface area contributed by atoms with Crippen molar-refractivity contribution in [3.8, 4) is 0 Å². The Hall–Kier alpha value is -0.940. The minimum atomic E-state index is -0.467. The van der Waals surface area contributed by atoms with Crippen LogP contribution in [-0.4, -0.2) is 12.5 Å². The van der Waals surface area contributed by atoms with Gasteiger partial charge in [0.05, 0.1) is 9.89 Å². The van der Waals surface area contributed by atoms with Gasteiger partial charge in [0.1, 0.15) is 5.82 Å². The zero-order valence-corrected chi connectivity index (χ0v) is 13.2. The van der Waals surface area contributed by atoms with Gasteiger partial charge in [-0.2, -0.15) is 0 Å². The number of hydrogen-bond donors (Lipinski definition) is 2. The molecule has 0 saturated heterocycles. The van der Waals surface area contributed by atoms with Crippen molar-refractivity contribution in [2.75, 3.05) is 11.9 Å². The summed E-state index contributed by atoms with van der Waals surface area (Å²) in [5.74, 6) is -0.368. The van der Waals surface area contributed by atoms with Gasteiger partial charge in [-0.3, -0.25) is 4.79 Å². The predicted molar refractivity (Wildman–Crippen MR) is 82.0 cm³/mol. The molecule has 0 unspecified atom stereocenters. The Labute approximate surface area is 127 Å². The van der Waals surface area contributed by atoms with Crippen LogP contribution in [0.15, 0.2) is 16.6 Å². The number of anilines is 1. The minimum Gasteiger partial charge on any atom is -0.329 e. The molecule has 1 amide bonds. The van der Waals surface area contributed by atoms with Gasteiger partial charge in [0.25, 0.3) is 0 Å². The van der Waals surface area contributed by atoms with E-state index in [9.17, 15) is 9.18 Å². The number of amides is 1. The summed E-state index contributed by atoms with van der Waals surface area (Å²) in [4.78, 5) is 12.6. The fourth-order valence-corrected chi connectivity index (χ4v) is 3.13. The first-order valence-electron chi connectivity index (χ1n) is 6.96. The smallest absolute Gasteiger partial charge is 0.231 e. The zero-order valence-electron chi connectivity index (χ0n) is 11.6. The summed E-state index contributed by atoms with van der Waals surface area (Å²) in [5, 5.41) is 2.92. The van der Waals surface area contributed by atoms with Gasteiger partial charge in [0.2, 0.25) is 5.91 Å². The van der Waals surface area contributed by atoms with Crippen LogP contribution in [0, 0.1) is 18.2 Å². The van der Waals surface area contributed by atoms with Crippen LogP contribution in [-0.2, 0) is 4.79 Å². The topological polar surface area (TPSA) is 55.1 Å². The molecule has 1 aromatic carbocycles. The predicted octanol–water partition coefficient (Wildman–Crippen LogP) is 3.74. The van der Waals surface area contributed by atoms with Crippen LogP contribution in [0.5, 0.6) is 0 Å². The third-order valence-corrected chi connectivity index (χ3v) is 4.81. The molecule has 1 saturated carbocycles. The first kappa shape index (κ1) is 15.4. The molecule has 0 bridgehead atoms. The Morgan fingerprint density at radius 2 is 2.05 bits per heavy atom. The minimum absolute atomic E-state index is 0.0405. The summed E-state index contributed by atoms with van der Waals surface area (Å²) >= 11 is 3.15. The number of rotatable bonds is 3. The van der Waals surface area contributed by atoms with Crippen molar-refractivity contribution in [2.24, 2.45) is 11.1 Å². The molecule has 0 atom stereocenters. The van der Waals surface area contributed by atoms with Gasteiger partial charge in [-0.15, -0.1) is 0 Å². The number of nitrogens with two attached hydrogens (primary N) is 1. The molecule has 1 aliphatic carbocycles. The lowest BCUT2D eigenvalue weighted by molar-refractivity contribution is -0.126. The summed E-state index contributed by atoms with van der Waals surface area (Å²) < 4.78 is 13.8. The van der Waals surface area contributed by atoms with Gasteiger partial charge in [-0.1, -0.05) is 19.3 Å². The summed E-state index contributed by atoms with van der Waals surface area (Å²) in [6.07, 6.45) is 4.90. The monoisotopic (exact) mass is 342 g/mol. The third kappa shape index (κ3) is 3.04. The van der Waals surface area contributed by atoms with E-state index in [2.05, 4.69) is 21.2 Å². The zero-order chi connectivity index (χ0) is 14.8. The van der Waals surface area contributed by atoms with Crippen LogP contribution in [0.25, 0.3) is 0 Å². The van der Waals surface area contributed by atoms with E-state index in [1.807, 2.05) is 0 Å². The van der Waals surface area contributed by atoms with Crippen LogP contribution in [0.1, 0.15) is 37.7 Å². The molecule has 0 heterocycles. The number of halogens is 2. The van der Waals surface area contributed by atoms with Crippen molar-refractivity contribution in [1.29, 1.82) is 0 Å². The SMILES string of the molecule is Cc1cc(F)c(Br)cc1NC(=O)C1(CN)CCCCC1. The van der Waals surface area contributed by atoms with Gasteiger partial charge in [-0.25, -0.2) is 4.39 Å². The van der Waals surface area contributed by atoms with Gasteiger partial charge >= 0.3 is 0 Å². The molecular formula is C15H20BrFN2O. The molecule has 1 fully saturated rings. The van der Waals surface area contributed by atoms with E-state index in [0.29, 0.717) is 22.3 Å². The second-order valence-corrected chi connectivity index (χ2v) is 6.43. The second-order valence-electron chi connectivity index (χ2n) is 5.58.